The zero-order chi connectivity index (χ0) is 12.0. The SMILES string of the molecule is CCN(CC(=O)O)C(=O)CN1CCNCC1. The number of rotatable bonds is 5. The predicted octanol–water partition coefficient (Wildman–Crippen LogP) is -1.18. The summed E-state index contributed by atoms with van der Waals surface area (Å²) in [6, 6.07) is 0. The van der Waals surface area contributed by atoms with Gasteiger partial charge in [-0.3, -0.25) is 14.5 Å². The Morgan fingerprint density at radius 3 is 2.50 bits per heavy atom. The molecular formula is C10H19N3O3. The molecule has 0 aromatic rings. The molecule has 1 fully saturated rings. The third-order valence-electron chi connectivity index (χ3n) is 2.63. The van der Waals surface area contributed by atoms with E-state index >= 15 is 0 Å². The molecule has 0 aromatic carbocycles. The number of aliphatic carboxylic acids is 1. The third-order valence-corrected chi connectivity index (χ3v) is 2.63. The molecule has 6 nitrogen and oxygen atoms in total. The molecule has 0 radical (unpaired) electrons. The minimum absolute atomic E-state index is 0.105. The Bertz CT molecular complexity index is 252. The number of carbonyl (C=O) groups is 2. The summed E-state index contributed by atoms with van der Waals surface area (Å²) in [5.41, 5.74) is 0. The summed E-state index contributed by atoms with van der Waals surface area (Å²) >= 11 is 0. The van der Waals surface area contributed by atoms with E-state index in [1.54, 1.807) is 6.92 Å². The number of likely N-dealkylation sites (N-methyl/N-ethyl adjacent to an activating group) is 1. The molecule has 0 unspecified atom stereocenters. The Labute approximate surface area is 95.2 Å². The van der Waals surface area contributed by atoms with Gasteiger partial charge in [0.25, 0.3) is 0 Å². The standard InChI is InChI=1S/C10H19N3O3/c1-2-13(8-10(15)16)9(14)7-12-5-3-11-4-6-12/h11H,2-8H2,1H3,(H,15,16). The fraction of sp³-hybridized carbons (Fsp3) is 0.800. The number of carboxylic acid groups (broad SMARTS) is 1. The number of carbonyl (C=O) groups excluding carboxylic acids is 1. The van der Waals surface area contributed by atoms with Crippen LogP contribution in [0.3, 0.4) is 0 Å². The van der Waals surface area contributed by atoms with E-state index in [1.807, 2.05) is 4.90 Å². The van der Waals surface area contributed by atoms with E-state index in [9.17, 15) is 9.59 Å². The van der Waals surface area contributed by atoms with Crippen molar-refractivity contribution in [3.63, 3.8) is 0 Å². The number of carboxylic acids is 1. The highest BCUT2D eigenvalue weighted by Gasteiger charge is 2.19. The number of nitrogens with zero attached hydrogens (tertiary/aromatic N) is 2. The zero-order valence-corrected chi connectivity index (χ0v) is 9.61. The molecule has 1 saturated heterocycles. The first kappa shape index (κ1) is 12.9. The van der Waals surface area contributed by atoms with Gasteiger partial charge in [-0.25, -0.2) is 0 Å². The molecule has 2 N–H and O–H groups in total. The van der Waals surface area contributed by atoms with Crippen molar-refractivity contribution in [2.24, 2.45) is 0 Å². The molecule has 16 heavy (non-hydrogen) atoms. The van der Waals surface area contributed by atoms with Crippen LogP contribution >= 0.6 is 0 Å². The quantitative estimate of drug-likeness (QED) is 0.621. The zero-order valence-electron chi connectivity index (χ0n) is 9.61. The van der Waals surface area contributed by atoms with Crippen molar-refractivity contribution in [3.8, 4) is 0 Å². The van der Waals surface area contributed by atoms with Gasteiger partial charge >= 0.3 is 5.97 Å². The van der Waals surface area contributed by atoms with Crippen molar-refractivity contribution in [1.82, 2.24) is 15.1 Å². The Morgan fingerprint density at radius 1 is 1.38 bits per heavy atom. The second-order valence-electron chi connectivity index (χ2n) is 3.83. The molecule has 1 aliphatic heterocycles. The van der Waals surface area contributed by atoms with E-state index in [-0.39, 0.29) is 12.5 Å². The van der Waals surface area contributed by atoms with Crippen LogP contribution in [0.15, 0.2) is 0 Å². The average molecular weight is 229 g/mol. The number of nitrogens with one attached hydrogen (secondary N) is 1. The lowest BCUT2D eigenvalue weighted by Gasteiger charge is -2.28. The van der Waals surface area contributed by atoms with Crippen molar-refractivity contribution in [1.29, 1.82) is 0 Å². The number of hydrogen-bond acceptors (Lipinski definition) is 4. The van der Waals surface area contributed by atoms with E-state index in [0.717, 1.165) is 26.2 Å². The summed E-state index contributed by atoms with van der Waals surface area (Å²) in [5.74, 6) is -1.07. The fourth-order valence-corrected chi connectivity index (χ4v) is 1.70. The van der Waals surface area contributed by atoms with Crippen molar-refractivity contribution in [2.75, 3.05) is 45.8 Å². The number of amides is 1. The first-order valence-electron chi connectivity index (χ1n) is 5.56. The van der Waals surface area contributed by atoms with Gasteiger partial charge in [0.05, 0.1) is 6.54 Å². The predicted molar refractivity (Wildman–Crippen MR) is 59.2 cm³/mol. The maximum absolute atomic E-state index is 11.8. The monoisotopic (exact) mass is 229 g/mol. The van der Waals surface area contributed by atoms with Crippen molar-refractivity contribution < 1.29 is 14.7 Å². The molecule has 0 bridgehead atoms. The molecule has 1 aliphatic rings. The molecule has 0 aliphatic carbocycles. The highest BCUT2D eigenvalue weighted by molar-refractivity contribution is 5.82. The van der Waals surface area contributed by atoms with Crippen LogP contribution in [0.25, 0.3) is 0 Å². The summed E-state index contributed by atoms with van der Waals surface area (Å²) in [4.78, 5) is 25.7. The van der Waals surface area contributed by atoms with Gasteiger partial charge in [-0.1, -0.05) is 0 Å². The third kappa shape index (κ3) is 4.16. The van der Waals surface area contributed by atoms with Gasteiger partial charge in [0.2, 0.25) is 5.91 Å². The van der Waals surface area contributed by atoms with Gasteiger partial charge in [0.15, 0.2) is 0 Å². The van der Waals surface area contributed by atoms with Gasteiger partial charge in [-0.15, -0.1) is 0 Å². The Hall–Kier alpha value is -1.14. The van der Waals surface area contributed by atoms with Crippen LogP contribution in [-0.4, -0.2) is 72.6 Å². The Morgan fingerprint density at radius 2 is 2.00 bits per heavy atom. The summed E-state index contributed by atoms with van der Waals surface area (Å²) < 4.78 is 0. The molecule has 0 atom stereocenters. The summed E-state index contributed by atoms with van der Waals surface area (Å²) in [6.07, 6.45) is 0. The van der Waals surface area contributed by atoms with Crippen LogP contribution in [0.4, 0.5) is 0 Å². The minimum atomic E-state index is -0.962. The molecule has 1 rings (SSSR count). The second-order valence-corrected chi connectivity index (χ2v) is 3.83. The normalized spacial score (nSPS) is 17.1. The average Bonchev–Trinajstić information content (AvgIpc) is 2.26. The van der Waals surface area contributed by atoms with E-state index in [1.165, 1.54) is 4.90 Å². The topological polar surface area (TPSA) is 72.9 Å². The molecular weight excluding hydrogens is 210 g/mol. The summed E-state index contributed by atoms with van der Waals surface area (Å²) in [7, 11) is 0. The van der Waals surface area contributed by atoms with Crippen LogP contribution in [0.1, 0.15) is 6.92 Å². The summed E-state index contributed by atoms with van der Waals surface area (Å²) in [5, 5.41) is 11.9. The van der Waals surface area contributed by atoms with Gasteiger partial charge in [0, 0.05) is 32.7 Å². The largest absolute Gasteiger partial charge is 0.480 e. The molecule has 1 amide bonds. The first-order chi connectivity index (χ1) is 7.63. The van der Waals surface area contributed by atoms with Gasteiger partial charge < -0.3 is 15.3 Å². The van der Waals surface area contributed by atoms with E-state index < -0.39 is 5.97 Å². The lowest BCUT2D eigenvalue weighted by molar-refractivity contribution is -0.144. The van der Waals surface area contributed by atoms with Gasteiger partial charge in [-0.2, -0.15) is 0 Å². The Balaban J connectivity index is 2.38. The van der Waals surface area contributed by atoms with Gasteiger partial charge in [-0.05, 0) is 6.92 Å². The first-order valence-corrected chi connectivity index (χ1v) is 5.56. The maximum atomic E-state index is 11.8. The molecule has 0 aromatic heterocycles. The van der Waals surface area contributed by atoms with Crippen LogP contribution in [0.2, 0.25) is 0 Å². The van der Waals surface area contributed by atoms with Crippen LogP contribution in [0.5, 0.6) is 0 Å². The summed E-state index contributed by atoms with van der Waals surface area (Å²) in [6.45, 7) is 5.81. The van der Waals surface area contributed by atoms with E-state index in [2.05, 4.69) is 5.32 Å². The molecule has 0 saturated carbocycles. The van der Waals surface area contributed by atoms with Crippen molar-refractivity contribution in [3.05, 3.63) is 0 Å². The molecule has 92 valence electrons. The van der Waals surface area contributed by atoms with Gasteiger partial charge in [0.1, 0.15) is 6.54 Å². The van der Waals surface area contributed by atoms with Crippen LogP contribution < -0.4 is 5.32 Å². The molecule has 6 heteroatoms. The fourth-order valence-electron chi connectivity index (χ4n) is 1.70. The lowest BCUT2D eigenvalue weighted by atomic mass is 10.3. The smallest absolute Gasteiger partial charge is 0.323 e. The minimum Gasteiger partial charge on any atom is -0.480 e. The van der Waals surface area contributed by atoms with Crippen molar-refractivity contribution >= 4 is 11.9 Å². The highest BCUT2D eigenvalue weighted by Crippen LogP contribution is 1.96. The van der Waals surface area contributed by atoms with Crippen LogP contribution in [0, 0.1) is 0 Å². The number of piperazine rings is 1. The van der Waals surface area contributed by atoms with Crippen molar-refractivity contribution in [2.45, 2.75) is 6.92 Å². The lowest BCUT2D eigenvalue weighted by Crippen LogP contribution is -2.49. The highest BCUT2D eigenvalue weighted by atomic mass is 16.4. The molecule has 1 heterocycles. The van der Waals surface area contributed by atoms with E-state index in [4.69, 9.17) is 5.11 Å². The second kappa shape index (κ2) is 6.44. The number of hydrogen-bond donors (Lipinski definition) is 2. The maximum Gasteiger partial charge on any atom is 0.323 e. The van der Waals surface area contributed by atoms with E-state index in [0.29, 0.717) is 13.1 Å². The van der Waals surface area contributed by atoms with Crippen LogP contribution in [-0.2, 0) is 9.59 Å². The molecule has 0 spiro atoms. The Kier molecular flexibility index (Phi) is 5.21.